The van der Waals surface area contributed by atoms with E-state index < -0.39 is 9.84 Å². The maximum absolute atomic E-state index is 12.6. The number of para-hydroxylation sites is 1. The van der Waals surface area contributed by atoms with Crippen LogP contribution in [0.5, 0.6) is 0 Å². The molecule has 1 amide bonds. The first-order valence-electron chi connectivity index (χ1n) is 9.21. The lowest BCUT2D eigenvalue weighted by Crippen LogP contribution is -2.44. The lowest BCUT2D eigenvalue weighted by molar-refractivity contribution is -0.128. The standard InChI is InChI=1S/C20H20N4O3S2/c25-18(23-11-13-29(26,27)14-12-23)15-28-20-22-21-19(16-7-3-1-4-8-16)24(20)17-9-5-2-6-10-17/h1-10H,11-15H2. The molecule has 9 heteroatoms. The van der Waals surface area contributed by atoms with Gasteiger partial charge in [-0.1, -0.05) is 60.3 Å². The van der Waals surface area contributed by atoms with Gasteiger partial charge in [-0.05, 0) is 12.1 Å². The van der Waals surface area contributed by atoms with Crippen LogP contribution in [0.4, 0.5) is 0 Å². The van der Waals surface area contributed by atoms with Gasteiger partial charge < -0.3 is 4.90 Å². The molecule has 1 fully saturated rings. The molecule has 150 valence electrons. The first-order valence-corrected chi connectivity index (χ1v) is 12.0. The Labute approximate surface area is 173 Å². The molecule has 1 aromatic heterocycles. The van der Waals surface area contributed by atoms with Crippen LogP contribution in [0.25, 0.3) is 17.1 Å². The Hall–Kier alpha value is -2.65. The maximum Gasteiger partial charge on any atom is 0.233 e. The van der Waals surface area contributed by atoms with Gasteiger partial charge in [0.25, 0.3) is 0 Å². The van der Waals surface area contributed by atoms with E-state index in [4.69, 9.17) is 0 Å². The van der Waals surface area contributed by atoms with Crippen LogP contribution in [0.2, 0.25) is 0 Å². The molecule has 3 aromatic rings. The molecule has 0 atom stereocenters. The number of benzene rings is 2. The van der Waals surface area contributed by atoms with E-state index in [9.17, 15) is 13.2 Å². The highest BCUT2D eigenvalue weighted by molar-refractivity contribution is 7.99. The second-order valence-corrected chi connectivity index (χ2v) is 9.91. The molecule has 1 saturated heterocycles. The average molecular weight is 429 g/mol. The van der Waals surface area contributed by atoms with Crippen molar-refractivity contribution in [3.8, 4) is 17.1 Å². The van der Waals surface area contributed by atoms with Gasteiger partial charge in [0.1, 0.15) is 0 Å². The van der Waals surface area contributed by atoms with Gasteiger partial charge in [-0.2, -0.15) is 0 Å². The molecule has 4 rings (SSSR count). The molecule has 0 N–H and O–H groups in total. The summed E-state index contributed by atoms with van der Waals surface area (Å²) < 4.78 is 25.1. The Kier molecular flexibility index (Phi) is 5.68. The number of hydrogen-bond donors (Lipinski definition) is 0. The predicted molar refractivity (Wildman–Crippen MR) is 113 cm³/mol. The second-order valence-electron chi connectivity index (χ2n) is 6.66. The van der Waals surface area contributed by atoms with Crippen molar-refractivity contribution in [2.45, 2.75) is 5.16 Å². The van der Waals surface area contributed by atoms with Crippen LogP contribution in [0, 0.1) is 0 Å². The van der Waals surface area contributed by atoms with Crippen LogP contribution in [-0.2, 0) is 14.6 Å². The van der Waals surface area contributed by atoms with E-state index in [0.29, 0.717) is 11.0 Å². The van der Waals surface area contributed by atoms with Crippen molar-refractivity contribution in [3.63, 3.8) is 0 Å². The fourth-order valence-electron chi connectivity index (χ4n) is 3.13. The molecule has 1 aliphatic rings. The molecule has 0 saturated carbocycles. The molecular formula is C20H20N4O3S2. The van der Waals surface area contributed by atoms with E-state index in [0.717, 1.165) is 11.3 Å². The quantitative estimate of drug-likeness (QED) is 0.580. The third kappa shape index (κ3) is 4.51. The molecule has 2 heterocycles. The monoisotopic (exact) mass is 428 g/mol. The van der Waals surface area contributed by atoms with Gasteiger partial charge in [0.05, 0.1) is 17.3 Å². The number of hydrogen-bond acceptors (Lipinski definition) is 6. The molecule has 29 heavy (non-hydrogen) atoms. The van der Waals surface area contributed by atoms with Gasteiger partial charge in [0, 0.05) is 24.3 Å². The van der Waals surface area contributed by atoms with Crippen LogP contribution in [-0.4, -0.2) is 64.3 Å². The Morgan fingerprint density at radius 1 is 0.931 bits per heavy atom. The van der Waals surface area contributed by atoms with E-state index in [1.807, 2.05) is 65.2 Å². The largest absolute Gasteiger partial charge is 0.340 e. The first-order chi connectivity index (χ1) is 14.0. The van der Waals surface area contributed by atoms with Crippen LogP contribution < -0.4 is 0 Å². The van der Waals surface area contributed by atoms with Crippen molar-refractivity contribution in [1.29, 1.82) is 0 Å². The Morgan fingerprint density at radius 2 is 1.55 bits per heavy atom. The van der Waals surface area contributed by atoms with Gasteiger partial charge in [-0.15, -0.1) is 10.2 Å². The molecular weight excluding hydrogens is 408 g/mol. The number of rotatable bonds is 5. The predicted octanol–water partition coefficient (Wildman–Crippen LogP) is 2.28. The van der Waals surface area contributed by atoms with Crippen molar-refractivity contribution >= 4 is 27.5 Å². The molecule has 0 spiro atoms. The van der Waals surface area contributed by atoms with Gasteiger partial charge in [-0.3, -0.25) is 9.36 Å². The molecule has 2 aromatic carbocycles. The molecule has 0 unspecified atom stereocenters. The Balaban J connectivity index is 1.56. The van der Waals surface area contributed by atoms with Crippen molar-refractivity contribution in [2.75, 3.05) is 30.3 Å². The number of carbonyl (C=O) groups excluding carboxylic acids is 1. The lowest BCUT2D eigenvalue weighted by Gasteiger charge is -2.26. The summed E-state index contributed by atoms with van der Waals surface area (Å²) in [5, 5.41) is 9.30. The SMILES string of the molecule is O=C(CSc1nnc(-c2ccccc2)n1-c1ccccc1)N1CCS(=O)(=O)CC1. The number of nitrogens with zero attached hydrogens (tertiary/aromatic N) is 4. The molecule has 7 nitrogen and oxygen atoms in total. The van der Waals surface area contributed by atoms with Crippen molar-refractivity contribution < 1.29 is 13.2 Å². The summed E-state index contributed by atoms with van der Waals surface area (Å²) in [6.45, 7) is 0.505. The topological polar surface area (TPSA) is 85.2 Å². The Bertz CT molecular complexity index is 1090. The summed E-state index contributed by atoms with van der Waals surface area (Å²) in [7, 11) is -3.01. The maximum atomic E-state index is 12.6. The van der Waals surface area contributed by atoms with Crippen molar-refractivity contribution in [1.82, 2.24) is 19.7 Å². The third-order valence-corrected chi connectivity index (χ3v) is 7.22. The van der Waals surface area contributed by atoms with Gasteiger partial charge >= 0.3 is 0 Å². The summed E-state index contributed by atoms with van der Waals surface area (Å²) in [6.07, 6.45) is 0. The van der Waals surface area contributed by atoms with Crippen LogP contribution >= 0.6 is 11.8 Å². The zero-order valence-corrected chi connectivity index (χ0v) is 17.3. The Morgan fingerprint density at radius 3 is 2.21 bits per heavy atom. The summed E-state index contributed by atoms with van der Waals surface area (Å²) in [4.78, 5) is 14.2. The van der Waals surface area contributed by atoms with E-state index in [1.165, 1.54) is 11.8 Å². The number of aromatic nitrogens is 3. The van der Waals surface area contributed by atoms with Crippen molar-refractivity contribution in [3.05, 3.63) is 60.7 Å². The average Bonchev–Trinajstić information content (AvgIpc) is 3.17. The number of amides is 1. The van der Waals surface area contributed by atoms with Crippen LogP contribution in [0.1, 0.15) is 0 Å². The summed E-state index contributed by atoms with van der Waals surface area (Å²) >= 11 is 1.31. The fraction of sp³-hybridized carbons (Fsp3) is 0.250. The van der Waals surface area contributed by atoms with Crippen LogP contribution in [0.3, 0.4) is 0 Å². The van der Waals surface area contributed by atoms with Crippen molar-refractivity contribution in [2.24, 2.45) is 0 Å². The van der Waals surface area contributed by atoms with Crippen LogP contribution in [0.15, 0.2) is 65.8 Å². The second kappa shape index (κ2) is 8.38. The minimum atomic E-state index is -3.01. The number of sulfone groups is 1. The molecule has 0 bridgehead atoms. The molecule has 0 radical (unpaired) electrons. The minimum Gasteiger partial charge on any atom is -0.340 e. The van der Waals surface area contributed by atoms with E-state index in [2.05, 4.69) is 10.2 Å². The van der Waals surface area contributed by atoms with E-state index >= 15 is 0 Å². The van der Waals surface area contributed by atoms with Gasteiger partial charge in [-0.25, -0.2) is 8.42 Å². The van der Waals surface area contributed by atoms with E-state index in [-0.39, 0.29) is 36.3 Å². The summed E-state index contributed by atoms with van der Waals surface area (Å²) in [6, 6.07) is 19.5. The fourth-order valence-corrected chi connectivity index (χ4v) is 5.18. The highest BCUT2D eigenvalue weighted by Crippen LogP contribution is 2.28. The zero-order chi connectivity index (χ0) is 20.3. The minimum absolute atomic E-state index is 0.0295. The van der Waals surface area contributed by atoms with Gasteiger partial charge in [0.15, 0.2) is 20.8 Å². The number of carbonyl (C=O) groups is 1. The third-order valence-electron chi connectivity index (χ3n) is 4.70. The molecule has 1 aliphatic heterocycles. The summed E-state index contributed by atoms with van der Waals surface area (Å²) in [5.41, 5.74) is 1.85. The smallest absolute Gasteiger partial charge is 0.233 e. The summed E-state index contributed by atoms with van der Waals surface area (Å²) in [5.74, 6) is 0.855. The molecule has 0 aliphatic carbocycles. The first kappa shape index (κ1) is 19.7. The normalized spacial score (nSPS) is 15.9. The lowest BCUT2D eigenvalue weighted by atomic mass is 10.2. The highest BCUT2D eigenvalue weighted by Gasteiger charge is 2.25. The number of thioether (sulfide) groups is 1. The highest BCUT2D eigenvalue weighted by atomic mass is 32.2. The zero-order valence-electron chi connectivity index (χ0n) is 15.6. The van der Waals surface area contributed by atoms with E-state index in [1.54, 1.807) is 4.90 Å². The van der Waals surface area contributed by atoms with Gasteiger partial charge in [0.2, 0.25) is 5.91 Å².